The number of nitrogens with zero attached hydrogens (tertiary/aromatic N) is 4. The van der Waals surface area contributed by atoms with Crippen molar-refractivity contribution >= 4 is 0 Å². The Labute approximate surface area is 159 Å². The summed E-state index contributed by atoms with van der Waals surface area (Å²) >= 11 is 0. The average molecular weight is 365 g/mol. The van der Waals surface area contributed by atoms with Crippen LogP contribution >= 0.6 is 0 Å². The van der Waals surface area contributed by atoms with Gasteiger partial charge in [-0.15, -0.1) is 0 Å². The standard InChI is InChI=1S/C21H27N5O/c1-15-9-19(26-8-6-23-16(26)2)4-3-18(15)12-24-20-10-17(11-21(20)27)13-25-7-5-22-14-25/h3-9,14,17,20-21,24,27H,10-13H2,1-2H3/t17?,20-,21-/m1/s1. The maximum absolute atomic E-state index is 10.4. The summed E-state index contributed by atoms with van der Waals surface area (Å²) in [6.45, 7) is 5.84. The van der Waals surface area contributed by atoms with Gasteiger partial charge in [-0.05, 0) is 55.9 Å². The fraction of sp³-hybridized carbons (Fsp3) is 0.429. The third kappa shape index (κ3) is 3.96. The predicted molar refractivity (Wildman–Crippen MR) is 105 cm³/mol. The lowest BCUT2D eigenvalue weighted by atomic mass is 10.1. The van der Waals surface area contributed by atoms with Gasteiger partial charge in [0, 0.05) is 49.6 Å². The molecule has 3 aromatic rings. The highest BCUT2D eigenvalue weighted by Gasteiger charge is 2.32. The summed E-state index contributed by atoms with van der Waals surface area (Å²) in [6, 6.07) is 6.64. The van der Waals surface area contributed by atoms with Gasteiger partial charge in [0.1, 0.15) is 5.82 Å². The van der Waals surface area contributed by atoms with Gasteiger partial charge in [0.2, 0.25) is 0 Å². The van der Waals surface area contributed by atoms with E-state index < -0.39 is 0 Å². The molecule has 6 nitrogen and oxygen atoms in total. The minimum Gasteiger partial charge on any atom is -0.391 e. The number of hydrogen-bond acceptors (Lipinski definition) is 4. The highest BCUT2D eigenvalue weighted by molar-refractivity contribution is 5.41. The summed E-state index contributed by atoms with van der Waals surface area (Å²) in [7, 11) is 0. The van der Waals surface area contributed by atoms with Crippen LogP contribution in [0.5, 0.6) is 0 Å². The molecule has 1 saturated carbocycles. The van der Waals surface area contributed by atoms with Crippen molar-refractivity contribution < 1.29 is 5.11 Å². The number of hydrogen-bond donors (Lipinski definition) is 2. The Hall–Kier alpha value is -2.44. The Morgan fingerprint density at radius 2 is 2.07 bits per heavy atom. The van der Waals surface area contributed by atoms with Crippen molar-refractivity contribution in [2.24, 2.45) is 5.92 Å². The molecule has 0 saturated heterocycles. The van der Waals surface area contributed by atoms with E-state index in [1.54, 1.807) is 6.20 Å². The van der Waals surface area contributed by atoms with Crippen molar-refractivity contribution in [3.8, 4) is 5.69 Å². The van der Waals surface area contributed by atoms with Crippen molar-refractivity contribution in [2.75, 3.05) is 0 Å². The second-order valence-electron chi connectivity index (χ2n) is 7.61. The molecule has 2 N–H and O–H groups in total. The summed E-state index contributed by atoms with van der Waals surface area (Å²) in [6.07, 6.45) is 11.0. The van der Waals surface area contributed by atoms with Gasteiger partial charge in [0.05, 0.1) is 12.4 Å². The number of benzene rings is 1. The van der Waals surface area contributed by atoms with E-state index in [1.165, 1.54) is 11.1 Å². The lowest BCUT2D eigenvalue weighted by Crippen LogP contribution is -2.35. The Morgan fingerprint density at radius 1 is 1.19 bits per heavy atom. The zero-order valence-corrected chi connectivity index (χ0v) is 15.9. The first-order chi connectivity index (χ1) is 13.1. The van der Waals surface area contributed by atoms with Crippen molar-refractivity contribution in [2.45, 2.75) is 51.9 Å². The number of aliphatic hydroxyl groups is 1. The largest absolute Gasteiger partial charge is 0.391 e. The van der Waals surface area contributed by atoms with Crippen LogP contribution in [-0.2, 0) is 13.1 Å². The first kappa shape index (κ1) is 17.9. The van der Waals surface area contributed by atoms with Crippen molar-refractivity contribution in [3.63, 3.8) is 0 Å². The molecule has 1 aromatic carbocycles. The van der Waals surface area contributed by atoms with E-state index in [9.17, 15) is 5.11 Å². The molecule has 0 spiro atoms. The Morgan fingerprint density at radius 3 is 2.78 bits per heavy atom. The van der Waals surface area contributed by atoms with Crippen LogP contribution in [0.4, 0.5) is 0 Å². The molecule has 1 fully saturated rings. The van der Waals surface area contributed by atoms with Crippen molar-refractivity contribution in [1.29, 1.82) is 0 Å². The zero-order valence-electron chi connectivity index (χ0n) is 15.9. The van der Waals surface area contributed by atoms with E-state index in [2.05, 4.69) is 49.5 Å². The molecule has 6 heteroatoms. The molecule has 142 valence electrons. The third-order valence-electron chi connectivity index (χ3n) is 5.64. The summed E-state index contributed by atoms with van der Waals surface area (Å²) in [5.74, 6) is 1.47. The SMILES string of the molecule is Cc1cc(-n2ccnc2C)ccc1CN[C@@H]1CC(Cn2ccnc2)C[C@H]1O. The normalized spacial score (nSPS) is 22.4. The monoisotopic (exact) mass is 365 g/mol. The van der Waals surface area contributed by atoms with Crippen LogP contribution in [0, 0.1) is 19.8 Å². The van der Waals surface area contributed by atoms with Gasteiger partial charge in [0.15, 0.2) is 0 Å². The molecule has 1 unspecified atom stereocenters. The topological polar surface area (TPSA) is 67.9 Å². The Bertz CT molecular complexity index is 886. The summed E-state index contributed by atoms with van der Waals surface area (Å²) < 4.78 is 4.19. The van der Waals surface area contributed by atoms with E-state index in [-0.39, 0.29) is 12.1 Å². The van der Waals surface area contributed by atoms with Gasteiger partial charge >= 0.3 is 0 Å². The summed E-state index contributed by atoms with van der Waals surface area (Å²) in [5.41, 5.74) is 3.64. The molecule has 1 aliphatic rings. The number of rotatable bonds is 6. The minimum atomic E-state index is -0.285. The molecule has 4 rings (SSSR count). The maximum atomic E-state index is 10.4. The molecule has 3 atom stereocenters. The van der Waals surface area contributed by atoms with Crippen LogP contribution < -0.4 is 5.32 Å². The highest BCUT2D eigenvalue weighted by Crippen LogP contribution is 2.28. The van der Waals surface area contributed by atoms with Gasteiger partial charge in [0.25, 0.3) is 0 Å². The number of aliphatic hydroxyl groups excluding tert-OH is 1. The van der Waals surface area contributed by atoms with Crippen LogP contribution in [-0.4, -0.2) is 36.4 Å². The number of imidazole rings is 2. The van der Waals surface area contributed by atoms with Gasteiger partial charge in [-0.3, -0.25) is 0 Å². The fourth-order valence-corrected chi connectivity index (χ4v) is 4.10. The molecule has 0 amide bonds. The van der Waals surface area contributed by atoms with E-state index in [0.717, 1.165) is 37.4 Å². The number of aryl methyl sites for hydroxylation is 2. The second kappa shape index (κ2) is 7.66. The van der Waals surface area contributed by atoms with Gasteiger partial charge in [-0.2, -0.15) is 0 Å². The molecule has 2 heterocycles. The lowest BCUT2D eigenvalue weighted by Gasteiger charge is -2.18. The molecule has 2 aromatic heterocycles. The van der Waals surface area contributed by atoms with E-state index in [4.69, 9.17) is 0 Å². The van der Waals surface area contributed by atoms with Crippen LogP contribution in [0.2, 0.25) is 0 Å². The van der Waals surface area contributed by atoms with Crippen LogP contribution in [0.25, 0.3) is 5.69 Å². The molecule has 0 aliphatic heterocycles. The third-order valence-corrected chi connectivity index (χ3v) is 5.64. The first-order valence-corrected chi connectivity index (χ1v) is 9.57. The second-order valence-corrected chi connectivity index (χ2v) is 7.61. The van der Waals surface area contributed by atoms with Crippen LogP contribution in [0.15, 0.2) is 49.3 Å². The smallest absolute Gasteiger partial charge is 0.110 e. The van der Waals surface area contributed by atoms with Crippen LogP contribution in [0.3, 0.4) is 0 Å². The molecule has 27 heavy (non-hydrogen) atoms. The molecule has 0 bridgehead atoms. The van der Waals surface area contributed by atoms with E-state index in [0.29, 0.717) is 5.92 Å². The average Bonchev–Trinajstić information content (AvgIpc) is 3.37. The lowest BCUT2D eigenvalue weighted by molar-refractivity contribution is 0.145. The minimum absolute atomic E-state index is 0.147. The summed E-state index contributed by atoms with van der Waals surface area (Å²) in [5, 5.41) is 14.0. The van der Waals surface area contributed by atoms with Crippen molar-refractivity contribution in [3.05, 3.63) is 66.3 Å². The van der Waals surface area contributed by atoms with E-state index >= 15 is 0 Å². The highest BCUT2D eigenvalue weighted by atomic mass is 16.3. The molecular formula is C21H27N5O. The zero-order chi connectivity index (χ0) is 18.8. The number of nitrogens with one attached hydrogen (secondary N) is 1. The van der Waals surface area contributed by atoms with Gasteiger partial charge in [-0.1, -0.05) is 6.07 Å². The van der Waals surface area contributed by atoms with Crippen LogP contribution in [0.1, 0.15) is 29.8 Å². The predicted octanol–water partition coefficient (Wildman–Crippen LogP) is 2.61. The number of aromatic nitrogens is 4. The van der Waals surface area contributed by atoms with Gasteiger partial charge < -0.3 is 19.6 Å². The first-order valence-electron chi connectivity index (χ1n) is 9.57. The molecular weight excluding hydrogens is 338 g/mol. The maximum Gasteiger partial charge on any atom is 0.110 e. The summed E-state index contributed by atoms with van der Waals surface area (Å²) in [4.78, 5) is 8.39. The fourth-order valence-electron chi connectivity index (χ4n) is 4.10. The van der Waals surface area contributed by atoms with Gasteiger partial charge in [-0.25, -0.2) is 9.97 Å². The van der Waals surface area contributed by atoms with Crippen molar-refractivity contribution in [1.82, 2.24) is 24.4 Å². The quantitative estimate of drug-likeness (QED) is 0.705. The van der Waals surface area contributed by atoms with E-state index in [1.807, 2.05) is 31.8 Å². The Balaban J connectivity index is 1.36. The molecule has 1 aliphatic carbocycles. The molecule has 0 radical (unpaired) electrons. The Kier molecular flexibility index (Phi) is 5.09.